The van der Waals surface area contributed by atoms with Crippen LogP contribution < -0.4 is 16.6 Å². The molecule has 0 radical (unpaired) electrons. The van der Waals surface area contributed by atoms with Crippen molar-refractivity contribution >= 4 is 34.2 Å². The van der Waals surface area contributed by atoms with Crippen LogP contribution in [0.3, 0.4) is 0 Å². The lowest BCUT2D eigenvalue weighted by molar-refractivity contribution is 0.0943. The summed E-state index contributed by atoms with van der Waals surface area (Å²) in [5.41, 5.74) is 0.980. The van der Waals surface area contributed by atoms with Gasteiger partial charge in [-0.25, -0.2) is 13.9 Å². The molecule has 1 N–H and O–H groups in total. The number of hydrogen-bond acceptors (Lipinski definition) is 4. The molecule has 2 aromatic carbocycles. The zero-order valence-corrected chi connectivity index (χ0v) is 20.5. The maximum absolute atomic E-state index is 13.5. The van der Waals surface area contributed by atoms with Crippen LogP contribution in [0, 0.1) is 5.92 Å². The highest BCUT2D eigenvalue weighted by Crippen LogP contribution is 2.16. The molecule has 2 heterocycles. The summed E-state index contributed by atoms with van der Waals surface area (Å²) in [6, 6.07) is 11.9. The summed E-state index contributed by atoms with van der Waals surface area (Å²) in [6.45, 7) is 8.56. The van der Waals surface area contributed by atoms with E-state index in [1.807, 2.05) is 26.0 Å². The first-order valence-electron chi connectivity index (χ1n) is 11.4. The Morgan fingerprint density at radius 1 is 1.06 bits per heavy atom. The van der Waals surface area contributed by atoms with Crippen LogP contribution in [0.25, 0.3) is 16.7 Å². The van der Waals surface area contributed by atoms with E-state index in [1.54, 1.807) is 34.9 Å². The average Bonchev–Trinajstić information content (AvgIpc) is 3.10. The Bertz CT molecular complexity index is 1480. The van der Waals surface area contributed by atoms with Gasteiger partial charge in [-0.15, -0.1) is 5.10 Å². The summed E-state index contributed by atoms with van der Waals surface area (Å²) < 4.78 is 4.32. The molecule has 34 heavy (non-hydrogen) atoms. The van der Waals surface area contributed by atoms with E-state index in [4.69, 9.17) is 11.6 Å². The fourth-order valence-electron chi connectivity index (χ4n) is 3.86. The number of aryl methyl sites for hydroxylation is 1. The largest absolute Gasteiger partial charge is 0.352 e. The van der Waals surface area contributed by atoms with Gasteiger partial charge in [0.2, 0.25) is 5.78 Å². The Morgan fingerprint density at radius 3 is 2.41 bits per heavy atom. The molecule has 0 saturated heterocycles. The molecule has 1 amide bonds. The van der Waals surface area contributed by atoms with Gasteiger partial charge in [-0.3, -0.25) is 14.2 Å². The van der Waals surface area contributed by atoms with E-state index in [9.17, 15) is 14.4 Å². The Hall–Kier alpha value is -3.39. The Morgan fingerprint density at radius 2 is 1.76 bits per heavy atom. The first kappa shape index (κ1) is 23.8. The van der Waals surface area contributed by atoms with Crippen molar-refractivity contribution in [2.24, 2.45) is 5.92 Å². The number of aromatic nitrogens is 4. The molecule has 0 fully saturated rings. The van der Waals surface area contributed by atoms with E-state index in [-0.39, 0.29) is 35.5 Å². The van der Waals surface area contributed by atoms with Crippen LogP contribution in [0.2, 0.25) is 5.02 Å². The van der Waals surface area contributed by atoms with Gasteiger partial charge in [-0.1, -0.05) is 37.6 Å². The molecule has 0 aliphatic carbocycles. The molecular formula is C25H28ClN5O3. The summed E-state index contributed by atoms with van der Waals surface area (Å²) in [4.78, 5) is 39.5. The molecule has 8 nitrogen and oxygen atoms in total. The molecule has 0 bridgehead atoms. The van der Waals surface area contributed by atoms with Crippen molar-refractivity contribution in [1.29, 1.82) is 0 Å². The highest BCUT2D eigenvalue weighted by atomic mass is 35.5. The zero-order valence-electron chi connectivity index (χ0n) is 19.7. The van der Waals surface area contributed by atoms with Crippen molar-refractivity contribution in [3.8, 4) is 0 Å². The number of nitrogens with zero attached hydrogens (tertiary/aromatic N) is 4. The molecule has 0 aliphatic heterocycles. The Labute approximate surface area is 201 Å². The van der Waals surface area contributed by atoms with Crippen molar-refractivity contribution in [1.82, 2.24) is 24.1 Å². The van der Waals surface area contributed by atoms with E-state index in [2.05, 4.69) is 24.3 Å². The van der Waals surface area contributed by atoms with Gasteiger partial charge in [-0.05, 0) is 62.1 Å². The number of fused-ring (bicyclic) bond motifs is 3. The van der Waals surface area contributed by atoms with Gasteiger partial charge >= 0.3 is 5.69 Å². The number of amides is 1. The van der Waals surface area contributed by atoms with Crippen LogP contribution in [0.1, 0.15) is 50.0 Å². The first-order valence-corrected chi connectivity index (χ1v) is 11.7. The quantitative estimate of drug-likeness (QED) is 0.436. The summed E-state index contributed by atoms with van der Waals surface area (Å²) >= 11 is 5.99. The standard InChI is InChI=1S/C25H28ClN5O3/c1-15(2)11-12-29-23(33)20-10-7-18(22(32)27-16(3)4)13-21(20)31-24(29)28-30(25(31)34)14-17-5-8-19(26)9-6-17/h5-10,13,15-16H,11-12,14H2,1-4H3,(H,27,32). The number of benzene rings is 2. The van der Waals surface area contributed by atoms with Crippen molar-refractivity contribution < 1.29 is 4.79 Å². The number of nitrogens with one attached hydrogen (secondary N) is 1. The monoisotopic (exact) mass is 481 g/mol. The normalized spacial score (nSPS) is 11.7. The molecule has 4 aromatic rings. The summed E-state index contributed by atoms with van der Waals surface area (Å²) in [6.07, 6.45) is 0.758. The minimum absolute atomic E-state index is 0.0444. The van der Waals surface area contributed by atoms with Crippen molar-refractivity contribution in [2.75, 3.05) is 0 Å². The molecule has 0 atom stereocenters. The van der Waals surface area contributed by atoms with E-state index >= 15 is 0 Å². The molecule has 178 valence electrons. The van der Waals surface area contributed by atoms with Crippen LogP contribution in [-0.4, -0.2) is 30.7 Å². The highest BCUT2D eigenvalue weighted by molar-refractivity contribution is 6.30. The molecule has 0 unspecified atom stereocenters. The van der Waals surface area contributed by atoms with Crippen molar-refractivity contribution in [3.05, 3.63) is 79.5 Å². The average molecular weight is 482 g/mol. The van der Waals surface area contributed by atoms with E-state index in [0.717, 1.165) is 12.0 Å². The molecule has 0 saturated carbocycles. The van der Waals surface area contributed by atoms with Crippen LogP contribution in [-0.2, 0) is 13.1 Å². The number of carbonyl (C=O) groups is 1. The van der Waals surface area contributed by atoms with Gasteiger partial charge in [0.15, 0.2) is 0 Å². The van der Waals surface area contributed by atoms with Crippen LogP contribution in [0.4, 0.5) is 0 Å². The van der Waals surface area contributed by atoms with Crippen LogP contribution in [0.15, 0.2) is 52.1 Å². The second-order valence-corrected chi connectivity index (χ2v) is 9.64. The lowest BCUT2D eigenvalue weighted by atomic mass is 10.1. The van der Waals surface area contributed by atoms with Crippen LogP contribution in [0.5, 0.6) is 0 Å². The molecular weight excluding hydrogens is 454 g/mol. The van der Waals surface area contributed by atoms with Crippen molar-refractivity contribution in [2.45, 2.75) is 53.2 Å². The minimum atomic E-state index is -0.380. The second kappa shape index (κ2) is 9.46. The third-order valence-corrected chi connectivity index (χ3v) is 5.89. The lowest BCUT2D eigenvalue weighted by Crippen LogP contribution is -2.30. The summed E-state index contributed by atoms with van der Waals surface area (Å²) in [5.74, 6) is 0.363. The predicted molar refractivity (Wildman–Crippen MR) is 134 cm³/mol. The molecule has 2 aromatic heterocycles. The van der Waals surface area contributed by atoms with Crippen LogP contribution >= 0.6 is 11.6 Å². The molecule has 9 heteroatoms. The summed E-state index contributed by atoms with van der Waals surface area (Å²) in [5, 5.41) is 8.35. The van der Waals surface area contributed by atoms with E-state index < -0.39 is 0 Å². The third kappa shape index (κ3) is 4.63. The maximum Gasteiger partial charge on any atom is 0.352 e. The van der Waals surface area contributed by atoms with Gasteiger partial charge in [0, 0.05) is 23.2 Å². The molecule has 4 rings (SSSR count). The Balaban J connectivity index is 1.95. The zero-order chi connectivity index (χ0) is 24.6. The smallest absolute Gasteiger partial charge is 0.350 e. The van der Waals surface area contributed by atoms with E-state index in [1.165, 1.54) is 9.08 Å². The van der Waals surface area contributed by atoms with E-state index in [0.29, 0.717) is 34.0 Å². The summed E-state index contributed by atoms with van der Waals surface area (Å²) in [7, 11) is 0. The van der Waals surface area contributed by atoms with Gasteiger partial charge in [0.1, 0.15) is 0 Å². The Kier molecular flexibility index (Phi) is 6.61. The van der Waals surface area contributed by atoms with Gasteiger partial charge in [0.25, 0.3) is 11.5 Å². The predicted octanol–water partition coefficient (Wildman–Crippen LogP) is 3.70. The molecule has 0 spiro atoms. The third-order valence-electron chi connectivity index (χ3n) is 5.64. The maximum atomic E-state index is 13.5. The number of halogens is 1. The number of hydrogen-bond donors (Lipinski definition) is 1. The first-order chi connectivity index (χ1) is 16.2. The van der Waals surface area contributed by atoms with Gasteiger partial charge < -0.3 is 5.32 Å². The van der Waals surface area contributed by atoms with Crippen molar-refractivity contribution in [3.63, 3.8) is 0 Å². The lowest BCUT2D eigenvalue weighted by Gasteiger charge is -2.12. The highest BCUT2D eigenvalue weighted by Gasteiger charge is 2.19. The minimum Gasteiger partial charge on any atom is -0.350 e. The molecule has 0 aliphatic rings. The topological polar surface area (TPSA) is 90.4 Å². The SMILES string of the molecule is CC(C)CCn1c(=O)c2ccc(C(=O)NC(C)C)cc2n2c(=O)n(Cc3ccc(Cl)cc3)nc12. The number of rotatable bonds is 7. The number of carbonyl (C=O) groups excluding carboxylic acids is 1. The fourth-order valence-corrected chi connectivity index (χ4v) is 3.98. The second-order valence-electron chi connectivity index (χ2n) is 9.20. The van der Waals surface area contributed by atoms with Gasteiger partial charge in [-0.2, -0.15) is 0 Å². The fraction of sp³-hybridized carbons (Fsp3) is 0.360. The van der Waals surface area contributed by atoms with Gasteiger partial charge in [0.05, 0.1) is 17.4 Å².